The van der Waals surface area contributed by atoms with Gasteiger partial charge in [-0.15, -0.1) is 6.58 Å². The van der Waals surface area contributed by atoms with E-state index in [4.69, 9.17) is 5.26 Å². The number of nitrogens with zero attached hydrogens (tertiary/aromatic N) is 5. The minimum absolute atomic E-state index is 0.0918. The summed E-state index contributed by atoms with van der Waals surface area (Å²) in [5, 5.41) is 9.14. The van der Waals surface area contributed by atoms with E-state index in [1.807, 2.05) is 37.3 Å². The van der Waals surface area contributed by atoms with Crippen molar-refractivity contribution >= 4 is 11.2 Å². The van der Waals surface area contributed by atoms with Gasteiger partial charge in [0.05, 0.1) is 23.6 Å². The standard InChI is InChI=1S/C23H19N5O2/c1-3-11-27-22(29)20-21(28(23(27)30)19-9-7-16(2)8-10-19)25-15-26(20)14-18-6-4-5-17(12-18)13-24/h3-10,12,15H,1,11,14H2,2H3. The van der Waals surface area contributed by atoms with Crippen LogP contribution in [0, 0.1) is 18.3 Å². The van der Waals surface area contributed by atoms with Crippen molar-refractivity contribution in [2.75, 3.05) is 0 Å². The molecule has 7 heteroatoms. The fourth-order valence-electron chi connectivity index (χ4n) is 3.45. The second-order valence-electron chi connectivity index (χ2n) is 7.01. The molecule has 0 aliphatic carbocycles. The summed E-state index contributed by atoms with van der Waals surface area (Å²) < 4.78 is 4.30. The van der Waals surface area contributed by atoms with Gasteiger partial charge in [-0.05, 0) is 36.8 Å². The van der Waals surface area contributed by atoms with Crippen molar-refractivity contribution < 1.29 is 0 Å². The lowest BCUT2D eigenvalue weighted by atomic mass is 10.1. The molecule has 0 radical (unpaired) electrons. The number of rotatable bonds is 5. The largest absolute Gasteiger partial charge is 0.337 e. The molecule has 2 aromatic heterocycles. The number of aryl methyl sites for hydroxylation is 1. The maximum absolute atomic E-state index is 13.2. The van der Waals surface area contributed by atoms with Gasteiger partial charge in [-0.1, -0.05) is 35.9 Å². The Bertz CT molecular complexity index is 1420. The fourth-order valence-corrected chi connectivity index (χ4v) is 3.45. The van der Waals surface area contributed by atoms with E-state index in [0.29, 0.717) is 29.0 Å². The molecular formula is C23H19N5O2. The number of fused-ring (bicyclic) bond motifs is 1. The van der Waals surface area contributed by atoms with Crippen LogP contribution in [0.4, 0.5) is 0 Å². The normalized spacial score (nSPS) is 10.8. The lowest BCUT2D eigenvalue weighted by molar-refractivity contribution is 0.690. The first-order valence-electron chi connectivity index (χ1n) is 9.41. The summed E-state index contributed by atoms with van der Waals surface area (Å²) >= 11 is 0. The Morgan fingerprint density at radius 1 is 1.17 bits per heavy atom. The number of hydrogen-bond donors (Lipinski definition) is 0. The first-order valence-corrected chi connectivity index (χ1v) is 9.41. The molecule has 0 fully saturated rings. The molecule has 0 N–H and O–H groups in total. The van der Waals surface area contributed by atoms with Crippen LogP contribution in [0.5, 0.6) is 0 Å². The molecule has 0 saturated carbocycles. The summed E-state index contributed by atoms with van der Waals surface area (Å²) in [4.78, 5) is 30.7. The molecule has 148 valence electrons. The molecule has 0 unspecified atom stereocenters. The van der Waals surface area contributed by atoms with Crippen LogP contribution in [0.25, 0.3) is 16.9 Å². The van der Waals surface area contributed by atoms with Crippen molar-refractivity contribution in [3.8, 4) is 11.8 Å². The zero-order chi connectivity index (χ0) is 21.3. The molecule has 0 saturated heterocycles. The molecule has 0 bridgehead atoms. The van der Waals surface area contributed by atoms with Crippen molar-refractivity contribution in [2.45, 2.75) is 20.0 Å². The van der Waals surface area contributed by atoms with Crippen LogP contribution in [0.15, 0.2) is 77.1 Å². The van der Waals surface area contributed by atoms with Gasteiger partial charge in [-0.25, -0.2) is 14.3 Å². The van der Waals surface area contributed by atoms with Crippen LogP contribution < -0.4 is 11.2 Å². The van der Waals surface area contributed by atoms with Crippen LogP contribution in [-0.2, 0) is 13.1 Å². The quantitative estimate of drug-likeness (QED) is 0.485. The zero-order valence-electron chi connectivity index (χ0n) is 16.4. The molecule has 0 spiro atoms. The molecule has 0 aliphatic rings. The predicted octanol–water partition coefficient (Wildman–Crippen LogP) is 2.76. The number of benzene rings is 2. The maximum atomic E-state index is 13.2. The van der Waals surface area contributed by atoms with Gasteiger partial charge in [-0.2, -0.15) is 5.26 Å². The van der Waals surface area contributed by atoms with Gasteiger partial charge < -0.3 is 4.57 Å². The summed E-state index contributed by atoms with van der Waals surface area (Å²) in [6.07, 6.45) is 3.07. The number of hydrogen-bond acceptors (Lipinski definition) is 4. The minimum atomic E-state index is -0.465. The summed E-state index contributed by atoms with van der Waals surface area (Å²) in [7, 11) is 0. The van der Waals surface area contributed by atoms with Crippen LogP contribution in [0.2, 0.25) is 0 Å². The molecule has 0 amide bonds. The number of aromatic nitrogens is 4. The van der Waals surface area contributed by atoms with Gasteiger partial charge in [0, 0.05) is 13.1 Å². The highest BCUT2D eigenvalue weighted by atomic mass is 16.2. The Balaban J connectivity index is 1.98. The predicted molar refractivity (Wildman–Crippen MR) is 115 cm³/mol. The first-order chi connectivity index (χ1) is 14.5. The molecule has 0 atom stereocenters. The van der Waals surface area contributed by atoms with Crippen molar-refractivity contribution in [3.63, 3.8) is 0 Å². The van der Waals surface area contributed by atoms with Crippen LogP contribution in [0.1, 0.15) is 16.7 Å². The van der Waals surface area contributed by atoms with E-state index in [9.17, 15) is 9.59 Å². The minimum Gasteiger partial charge on any atom is -0.320 e. The Hall–Kier alpha value is -4.18. The monoisotopic (exact) mass is 397 g/mol. The molecule has 4 rings (SSSR count). The highest BCUT2D eigenvalue weighted by Gasteiger charge is 2.19. The van der Waals surface area contributed by atoms with E-state index < -0.39 is 11.2 Å². The average Bonchev–Trinajstić information content (AvgIpc) is 3.16. The van der Waals surface area contributed by atoms with Gasteiger partial charge in [0.2, 0.25) is 0 Å². The summed E-state index contributed by atoms with van der Waals surface area (Å²) in [5.41, 5.74) is 2.81. The molecule has 2 heterocycles. The summed E-state index contributed by atoms with van der Waals surface area (Å²) in [6, 6.07) is 16.7. The average molecular weight is 397 g/mol. The topological polar surface area (TPSA) is 85.6 Å². The van der Waals surface area contributed by atoms with Crippen molar-refractivity contribution in [3.05, 3.63) is 105 Å². The van der Waals surface area contributed by atoms with Crippen molar-refractivity contribution in [1.82, 2.24) is 18.7 Å². The molecule has 7 nitrogen and oxygen atoms in total. The van der Waals surface area contributed by atoms with Crippen molar-refractivity contribution in [2.24, 2.45) is 0 Å². The Labute approximate surface area is 172 Å². The molecule has 0 aliphatic heterocycles. The zero-order valence-corrected chi connectivity index (χ0v) is 16.4. The van der Waals surface area contributed by atoms with Gasteiger partial charge in [0.1, 0.15) is 0 Å². The summed E-state index contributed by atoms with van der Waals surface area (Å²) in [5.74, 6) is 0. The molecule has 30 heavy (non-hydrogen) atoms. The second kappa shape index (κ2) is 7.68. The van der Waals surface area contributed by atoms with Gasteiger partial charge >= 0.3 is 5.69 Å². The highest BCUT2D eigenvalue weighted by molar-refractivity contribution is 5.72. The third-order valence-corrected chi connectivity index (χ3v) is 4.91. The van der Waals surface area contributed by atoms with Gasteiger partial charge in [-0.3, -0.25) is 9.36 Å². The number of nitriles is 1. The maximum Gasteiger partial charge on any atom is 0.337 e. The lowest BCUT2D eigenvalue weighted by Crippen LogP contribution is -2.39. The first kappa shape index (κ1) is 19.2. The Morgan fingerprint density at radius 3 is 2.63 bits per heavy atom. The Morgan fingerprint density at radius 2 is 1.93 bits per heavy atom. The third-order valence-electron chi connectivity index (χ3n) is 4.91. The summed E-state index contributed by atoms with van der Waals surface area (Å²) in [6.45, 7) is 6.07. The molecule has 4 aromatic rings. The van der Waals surface area contributed by atoms with Crippen LogP contribution in [-0.4, -0.2) is 18.7 Å². The van der Waals surface area contributed by atoms with E-state index in [0.717, 1.165) is 15.7 Å². The molecule has 2 aromatic carbocycles. The van der Waals surface area contributed by atoms with Gasteiger partial charge in [0.25, 0.3) is 5.56 Å². The third kappa shape index (κ3) is 3.25. The van der Waals surface area contributed by atoms with E-state index in [1.165, 1.54) is 10.6 Å². The highest BCUT2D eigenvalue weighted by Crippen LogP contribution is 2.16. The van der Waals surface area contributed by atoms with Crippen molar-refractivity contribution in [1.29, 1.82) is 5.26 Å². The fraction of sp³-hybridized carbons (Fsp3) is 0.130. The van der Waals surface area contributed by atoms with E-state index >= 15 is 0 Å². The smallest absolute Gasteiger partial charge is 0.320 e. The van der Waals surface area contributed by atoms with Crippen LogP contribution in [0.3, 0.4) is 0 Å². The van der Waals surface area contributed by atoms with E-state index in [-0.39, 0.29) is 6.54 Å². The van der Waals surface area contributed by atoms with E-state index in [1.54, 1.807) is 29.1 Å². The van der Waals surface area contributed by atoms with Gasteiger partial charge in [0.15, 0.2) is 11.2 Å². The SMILES string of the molecule is C=CCn1c(=O)c2c(ncn2Cc2cccc(C#N)c2)n(-c2ccc(C)cc2)c1=O. The van der Waals surface area contributed by atoms with Crippen LogP contribution >= 0.6 is 0 Å². The number of imidazole rings is 1. The number of allylic oxidation sites excluding steroid dienone is 1. The second-order valence-corrected chi connectivity index (χ2v) is 7.01. The Kier molecular flexibility index (Phi) is 4.90. The van der Waals surface area contributed by atoms with E-state index in [2.05, 4.69) is 17.6 Å². The molecular weight excluding hydrogens is 378 g/mol. The lowest BCUT2D eigenvalue weighted by Gasteiger charge is -2.12.